The number of primary amides is 1. The first kappa shape index (κ1) is 24.3. The second-order valence-corrected chi connectivity index (χ2v) is 9.15. The molecule has 3 fully saturated rings. The van der Waals surface area contributed by atoms with Gasteiger partial charge in [-0.05, 0) is 49.7 Å². The van der Waals surface area contributed by atoms with E-state index in [0.717, 1.165) is 32.1 Å². The topological polar surface area (TPSA) is 114 Å². The van der Waals surface area contributed by atoms with E-state index in [9.17, 15) is 23.2 Å². The summed E-state index contributed by atoms with van der Waals surface area (Å²) >= 11 is 0. The number of anilines is 2. The van der Waals surface area contributed by atoms with Gasteiger partial charge in [-0.1, -0.05) is 6.42 Å². The van der Waals surface area contributed by atoms with Gasteiger partial charge >= 0.3 is 6.61 Å². The number of amides is 3. The minimum absolute atomic E-state index is 0.151. The van der Waals surface area contributed by atoms with Crippen molar-refractivity contribution in [1.29, 1.82) is 0 Å². The normalized spacial score (nSPS) is 19.8. The lowest BCUT2D eigenvalue weighted by Gasteiger charge is -2.35. The summed E-state index contributed by atoms with van der Waals surface area (Å²) in [5, 5.41) is 2.63. The number of halogens is 2. The van der Waals surface area contributed by atoms with Crippen LogP contribution in [0.25, 0.3) is 0 Å². The summed E-state index contributed by atoms with van der Waals surface area (Å²) in [4.78, 5) is 40.8. The Morgan fingerprint density at radius 2 is 1.91 bits per heavy atom. The lowest BCUT2D eigenvalue weighted by atomic mass is 9.84. The molecule has 1 aromatic rings. The van der Waals surface area contributed by atoms with E-state index < -0.39 is 24.5 Å². The fraction of sp³-hybridized carbons (Fsp3) is 0.609. The summed E-state index contributed by atoms with van der Waals surface area (Å²) in [5.74, 6) is -1.13. The molecule has 2 saturated carbocycles. The SMILES string of the molecule is NC(=O)[C@H](C(=O)Nc1ccc(N2CCOCC2=O)c(OC(F)F)c1)N(CC1CCC1)CC1CC1. The highest BCUT2D eigenvalue weighted by Crippen LogP contribution is 2.35. The number of morpholine rings is 1. The molecular formula is C23H30F2N4O5. The molecule has 34 heavy (non-hydrogen) atoms. The van der Waals surface area contributed by atoms with E-state index in [1.54, 1.807) is 0 Å². The van der Waals surface area contributed by atoms with E-state index in [1.807, 2.05) is 4.90 Å². The predicted octanol–water partition coefficient (Wildman–Crippen LogP) is 1.96. The Labute approximate surface area is 196 Å². The number of nitrogens with one attached hydrogen (secondary N) is 1. The molecule has 1 saturated heterocycles. The fourth-order valence-corrected chi connectivity index (χ4v) is 4.39. The number of carbonyl (C=O) groups is 3. The van der Waals surface area contributed by atoms with Crippen LogP contribution in [-0.4, -0.2) is 68.1 Å². The highest BCUT2D eigenvalue weighted by atomic mass is 19.3. The van der Waals surface area contributed by atoms with Crippen molar-refractivity contribution in [3.8, 4) is 5.75 Å². The minimum Gasteiger partial charge on any atom is -0.433 e. The number of hydrogen-bond donors (Lipinski definition) is 2. The molecule has 3 aliphatic rings. The molecular weight excluding hydrogens is 450 g/mol. The van der Waals surface area contributed by atoms with Crippen molar-refractivity contribution in [2.75, 3.05) is 43.1 Å². The van der Waals surface area contributed by atoms with Gasteiger partial charge in [-0.2, -0.15) is 8.78 Å². The van der Waals surface area contributed by atoms with E-state index in [0.29, 0.717) is 24.9 Å². The lowest BCUT2D eigenvalue weighted by Crippen LogP contribution is -2.54. The maximum atomic E-state index is 13.1. The van der Waals surface area contributed by atoms with Crippen molar-refractivity contribution in [1.82, 2.24) is 4.90 Å². The summed E-state index contributed by atoms with van der Waals surface area (Å²) in [7, 11) is 0. The Balaban J connectivity index is 1.53. The lowest BCUT2D eigenvalue weighted by molar-refractivity contribution is -0.133. The largest absolute Gasteiger partial charge is 0.433 e. The van der Waals surface area contributed by atoms with Crippen molar-refractivity contribution in [3.63, 3.8) is 0 Å². The van der Waals surface area contributed by atoms with E-state index in [2.05, 4.69) is 10.1 Å². The van der Waals surface area contributed by atoms with Crippen molar-refractivity contribution in [2.24, 2.45) is 17.6 Å². The summed E-state index contributed by atoms with van der Waals surface area (Å²) in [6.45, 7) is -1.60. The van der Waals surface area contributed by atoms with Crippen LogP contribution in [0.1, 0.15) is 32.1 Å². The maximum absolute atomic E-state index is 13.1. The molecule has 1 aromatic carbocycles. The summed E-state index contributed by atoms with van der Waals surface area (Å²) in [6, 6.07) is 2.95. The smallest absolute Gasteiger partial charge is 0.387 e. The average Bonchev–Trinajstić information content (AvgIpc) is 3.55. The second kappa shape index (κ2) is 10.6. The summed E-state index contributed by atoms with van der Waals surface area (Å²) < 4.78 is 35.9. The van der Waals surface area contributed by atoms with Crippen LogP contribution in [0.3, 0.4) is 0 Å². The number of rotatable bonds is 11. The highest BCUT2D eigenvalue weighted by molar-refractivity contribution is 6.09. The van der Waals surface area contributed by atoms with E-state index in [1.165, 1.54) is 23.1 Å². The number of ether oxygens (including phenoxy) is 2. The molecule has 1 atom stereocenters. The number of nitrogens with two attached hydrogens (primary N) is 1. The Kier molecular flexibility index (Phi) is 7.62. The number of carbonyl (C=O) groups excluding carboxylic acids is 3. The van der Waals surface area contributed by atoms with Gasteiger partial charge in [0, 0.05) is 31.4 Å². The quantitative estimate of drug-likeness (QED) is 0.468. The first-order chi connectivity index (χ1) is 16.3. The standard InChI is InChI=1S/C23H30F2N4O5/c24-23(25)34-18-10-16(6-7-17(18)29-8-9-33-13-19(29)30)27-22(32)20(21(26)31)28(12-15-4-5-15)11-14-2-1-3-14/h6-7,10,14-15,20,23H,1-5,8-9,11-13H2,(H2,26,31)(H,27,32)/t20-/m1/s1. The van der Waals surface area contributed by atoms with Crippen LogP contribution in [0.4, 0.5) is 20.2 Å². The Hall–Kier alpha value is -2.79. The van der Waals surface area contributed by atoms with Crippen LogP contribution in [0.15, 0.2) is 18.2 Å². The molecule has 0 unspecified atom stereocenters. The van der Waals surface area contributed by atoms with E-state index in [-0.39, 0.29) is 42.8 Å². The third-order valence-electron chi connectivity index (χ3n) is 6.51. The van der Waals surface area contributed by atoms with Crippen LogP contribution >= 0.6 is 0 Å². The third-order valence-corrected chi connectivity index (χ3v) is 6.51. The van der Waals surface area contributed by atoms with Gasteiger partial charge in [0.25, 0.3) is 11.8 Å². The van der Waals surface area contributed by atoms with Gasteiger partial charge in [0.2, 0.25) is 5.91 Å². The monoisotopic (exact) mass is 480 g/mol. The molecule has 3 N–H and O–H groups in total. The molecule has 186 valence electrons. The molecule has 11 heteroatoms. The van der Waals surface area contributed by atoms with Gasteiger partial charge in [0.1, 0.15) is 6.61 Å². The average molecular weight is 481 g/mol. The molecule has 3 amide bonds. The minimum atomic E-state index is -3.13. The zero-order valence-electron chi connectivity index (χ0n) is 18.9. The van der Waals surface area contributed by atoms with Crippen molar-refractivity contribution in [3.05, 3.63) is 18.2 Å². The van der Waals surface area contributed by atoms with Gasteiger partial charge in [0.15, 0.2) is 11.8 Å². The van der Waals surface area contributed by atoms with Crippen LogP contribution in [0.2, 0.25) is 0 Å². The van der Waals surface area contributed by atoms with Crippen molar-refractivity contribution < 1.29 is 32.6 Å². The molecule has 1 aliphatic heterocycles. The maximum Gasteiger partial charge on any atom is 0.387 e. The van der Waals surface area contributed by atoms with Crippen LogP contribution in [0, 0.1) is 11.8 Å². The molecule has 9 nitrogen and oxygen atoms in total. The third kappa shape index (κ3) is 6.01. The second-order valence-electron chi connectivity index (χ2n) is 9.15. The van der Waals surface area contributed by atoms with Gasteiger partial charge < -0.3 is 25.4 Å². The van der Waals surface area contributed by atoms with Crippen molar-refractivity contribution in [2.45, 2.75) is 44.8 Å². The van der Waals surface area contributed by atoms with Gasteiger partial charge in [0.05, 0.1) is 12.3 Å². The van der Waals surface area contributed by atoms with Gasteiger partial charge in [-0.25, -0.2) is 0 Å². The zero-order chi connectivity index (χ0) is 24.2. The van der Waals surface area contributed by atoms with Crippen LogP contribution in [-0.2, 0) is 19.1 Å². The Morgan fingerprint density at radius 1 is 1.21 bits per heavy atom. The van der Waals surface area contributed by atoms with Gasteiger partial charge in [-0.15, -0.1) is 0 Å². The summed E-state index contributed by atoms with van der Waals surface area (Å²) in [5.41, 5.74) is 5.94. The van der Waals surface area contributed by atoms with Gasteiger partial charge in [-0.3, -0.25) is 19.3 Å². The van der Waals surface area contributed by atoms with Crippen LogP contribution in [0.5, 0.6) is 5.75 Å². The summed E-state index contributed by atoms with van der Waals surface area (Å²) in [6.07, 6.45) is 5.38. The number of alkyl halides is 2. The first-order valence-electron chi connectivity index (χ1n) is 11.6. The highest BCUT2D eigenvalue weighted by Gasteiger charge is 2.37. The molecule has 1 heterocycles. The van der Waals surface area contributed by atoms with E-state index in [4.69, 9.17) is 10.5 Å². The Morgan fingerprint density at radius 3 is 2.47 bits per heavy atom. The predicted molar refractivity (Wildman–Crippen MR) is 119 cm³/mol. The number of nitrogens with zero attached hydrogens (tertiary/aromatic N) is 2. The zero-order valence-corrected chi connectivity index (χ0v) is 18.9. The van der Waals surface area contributed by atoms with E-state index >= 15 is 0 Å². The molecule has 0 spiro atoms. The number of benzene rings is 1. The molecule has 4 rings (SSSR count). The number of hydrogen-bond acceptors (Lipinski definition) is 6. The molecule has 2 aliphatic carbocycles. The Bertz CT molecular complexity index is 923. The molecule has 0 bridgehead atoms. The van der Waals surface area contributed by atoms with Crippen molar-refractivity contribution >= 4 is 29.1 Å². The van der Waals surface area contributed by atoms with Crippen LogP contribution < -0.4 is 20.7 Å². The molecule has 0 aromatic heterocycles. The molecule has 0 radical (unpaired) electrons. The first-order valence-corrected chi connectivity index (χ1v) is 11.6. The fourth-order valence-electron chi connectivity index (χ4n) is 4.39.